The highest BCUT2D eigenvalue weighted by atomic mass is 32.1. The summed E-state index contributed by atoms with van der Waals surface area (Å²) in [4.78, 5) is 7.51. The van der Waals surface area contributed by atoms with Crippen molar-refractivity contribution < 1.29 is 19.5 Å². The van der Waals surface area contributed by atoms with Gasteiger partial charge in [0.2, 0.25) is 10.8 Å². The zero-order valence-electron chi connectivity index (χ0n) is 16.7. The number of ether oxygens (including phenoxy) is 2. The van der Waals surface area contributed by atoms with Crippen LogP contribution in [-0.4, -0.2) is 47.0 Å². The SMILES string of the molecule is COc1ccc([C@@H](c2sc3nc(C)nn3c2O)[NH+]2CCC[C@H](C)C2)cc1OC. The summed E-state index contributed by atoms with van der Waals surface area (Å²) < 4.78 is 12.5. The predicted molar refractivity (Wildman–Crippen MR) is 108 cm³/mol. The Morgan fingerprint density at radius 1 is 1.29 bits per heavy atom. The van der Waals surface area contributed by atoms with Crippen LogP contribution >= 0.6 is 11.3 Å². The highest BCUT2D eigenvalue weighted by molar-refractivity contribution is 7.17. The predicted octanol–water partition coefficient (Wildman–Crippen LogP) is 2.23. The Bertz CT molecular complexity index is 983. The van der Waals surface area contributed by atoms with Gasteiger partial charge in [-0.3, -0.25) is 0 Å². The Labute approximate surface area is 168 Å². The summed E-state index contributed by atoms with van der Waals surface area (Å²) in [5, 5.41) is 15.3. The van der Waals surface area contributed by atoms with E-state index in [1.807, 2.05) is 19.1 Å². The standard InChI is InChI=1S/C20H26N4O3S/c1-12-6-5-9-23(11-12)17(14-7-8-15(26-3)16(10-14)27-4)18-19(25)24-20(28-18)21-13(2)22-24/h7-8,10,12,17,25H,5-6,9,11H2,1-4H3/p+1/t12-,17-/m0/s1. The molecule has 0 bridgehead atoms. The summed E-state index contributed by atoms with van der Waals surface area (Å²) in [6.45, 7) is 6.26. The molecule has 150 valence electrons. The van der Waals surface area contributed by atoms with Crippen LogP contribution in [0.25, 0.3) is 4.96 Å². The molecule has 28 heavy (non-hydrogen) atoms. The van der Waals surface area contributed by atoms with E-state index < -0.39 is 0 Å². The van der Waals surface area contributed by atoms with E-state index in [0.29, 0.717) is 23.2 Å². The van der Waals surface area contributed by atoms with Crippen LogP contribution < -0.4 is 14.4 Å². The van der Waals surface area contributed by atoms with Gasteiger partial charge in [-0.05, 0) is 38.0 Å². The molecule has 1 aliphatic rings. The Kier molecular flexibility index (Phi) is 5.16. The summed E-state index contributed by atoms with van der Waals surface area (Å²) in [7, 11) is 3.29. The van der Waals surface area contributed by atoms with E-state index in [1.54, 1.807) is 18.7 Å². The first kappa shape index (κ1) is 19.0. The number of rotatable bonds is 5. The first-order chi connectivity index (χ1) is 13.5. The van der Waals surface area contributed by atoms with Crippen molar-refractivity contribution in [3.05, 3.63) is 34.5 Å². The van der Waals surface area contributed by atoms with Crippen LogP contribution in [0, 0.1) is 12.8 Å². The van der Waals surface area contributed by atoms with Crippen molar-refractivity contribution in [2.75, 3.05) is 27.3 Å². The molecular formula is C20H27N4O3S+. The lowest BCUT2D eigenvalue weighted by atomic mass is 9.95. The number of quaternary nitrogens is 1. The number of piperidine rings is 1. The molecule has 1 unspecified atom stereocenters. The topological polar surface area (TPSA) is 73.3 Å². The van der Waals surface area contributed by atoms with Gasteiger partial charge in [0.05, 0.1) is 27.3 Å². The molecule has 0 spiro atoms. The van der Waals surface area contributed by atoms with Crippen LogP contribution in [0.1, 0.15) is 42.1 Å². The maximum absolute atomic E-state index is 11.0. The van der Waals surface area contributed by atoms with Gasteiger partial charge < -0.3 is 19.5 Å². The molecule has 7 nitrogen and oxygen atoms in total. The number of thiazole rings is 1. The second-order valence-corrected chi connectivity index (χ2v) is 8.56. The molecule has 3 heterocycles. The Morgan fingerprint density at radius 2 is 2.07 bits per heavy atom. The molecule has 1 saturated heterocycles. The first-order valence-electron chi connectivity index (χ1n) is 9.63. The fourth-order valence-corrected chi connectivity index (χ4v) is 5.42. The zero-order chi connectivity index (χ0) is 19.8. The molecule has 1 fully saturated rings. The van der Waals surface area contributed by atoms with E-state index in [2.05, 4.69) is 23.1 Å². The fourth-order valence-electron chi connectivity index (χ4n) is 4.23. The largest absolute Gasteiger partial charge is 0.493 e. The van der Waals surface area contributed by atoms with Crippen LogP contribution in [-0.2, 0) is 0 Å². The number of hydrogen-bond donors (Lipinski definition) is 2. The van der Waals surface area contributed by atoms with Gasteiger partial charge in [0, 0.05) is 11.5 Å². The molecule has 0 radical (unpaired) electrons. The van der Waals surface area contributed by atoms with E-state index in [1.165, 1.54) is 29.1 Å². The van der Waals surface area contributed by atoms with E-state index in [0.717, 1.165) is 28.5 Å². The number of nitrogens with zero attached hydrogens (tertiary/aromatic N) is 3. The number of methoxy groups -OCH3 is 2. The van der Waals surface area contributed by atoms with Crippen molar-refractivity contribution >= 4 is 16.3 Å². The number of aromatic nitrogens is 3. The van der Waals surface area contributed by atoms with Crippen molar-refractivity contribution in [1.29, 1.82) is 0 Å². The van der Waals surface area contributed by atoms with Gasteiger partial charge in [-0.1, -0.05) is 18.3 Å². The smallest absolute Gasteiger partial charge is 0.235 e. The minimum absolute atomic E-state index is 0.00337. The van der Waals surface area contributed by atoms with Crippen LogP contribution in [0.3, 0.4) is 0 Å². The molecule has 0 amide bonds. The zero-order valence-corrected chi connectivity index (χ0v) is 17.5. The molecule has 0 saturated carbocycles. The number of hydrogen-bond acceptors (Lipinski definition) is 6. The van der Waals surface area contributed by atoms with E-state index in [9.17, 15) is 5.11 Å². The van der Waals surface area contributed by atoms with Gasteiger partial charge >= 0.3 is 0 Å². The Hall–Kier alpha value is -2.32. The van der Waals surface area contributed by atoms with E-state index >= 15 is 0 Å². The third-order valence-electron chi connectivity index (χ3n) is 5.52. The van der Waals surface area contributed by atoms with E-state index in [-0.39, 0.29) is 11.9 Å². The van der Waals surface area contributed by atoms with Gasteiger partial charge in [-0.15, -0.1) is 5.10 Å². The molecular weight excluding hydrogens is 376 g/mol. The molecule has 1 aromatic carbocycles. The highest BCUT2D eigenvalue weighted by Gasteiger charge is 2.35. The lowest BCUT2D eigenvalue weighted by Gasteiger charge is -2.34. The number of likely N-dealkylation sites (tertiary alicyclic amines) is 1. The van der Waals surface area contributed by atoms with Crippen LogP contribution in [0.5, 0.6) is 17.4 Å². The number of nitrogens with one attached hydrogen (secondary N) is 1. The number of fused-ring (bicyclic) bond motifs is 1. The van der Waals surface area contributed by atoms with Crippen LogP contribution in [0.2, 0.25) is 0 Å². The molecule has 4 rings (SSSR count). The average Bonchev–Trinajstić information content (AvgIpc) is 3.19. The molecule has 2 N–H and O–H groups in total. The average molecular weight is 404 g/mol. The quantitative estimate of drug-likeness (QED) is 0.683. The van der Waals surface area contributed by atoms with Crippen molar-refractivity contribution in [2.24, 2.45) is 5.92 Å². The van der Waals surface area contributed by atoms with Crippen molar-refractivity contribution in [2.45, 2.75) is 32.7 Å². The fraction of sp³-hybridized carbons (Fsp3) is 0.500. The number of benzene rings is 1. The van der Waals surface area contributed by atoms with Gasteiger partial charge in [-0.25, -0.2) is 4.98 Å². The normalized spacial score (nSPS) is 21.0. The van der Waals surface area contributed by atoms with E-state index in [4.69, 9.17) is 9.47 Å². The molecule has 8 heteroatoms. The Balaban J connectivity index is 1.84. The minimum atomic E-state index is -0.00337. The molecule has 1 aliphatic heterocycles. The van der Waals surface area contributed by atoms with Crippen LogP contribution in [0.15, 0.2) is 18.2 Å². The molecule has 2 aromatic heterocycles. The summed E-state index contributed by atoms with van der Waals surface area (Å²) in [6.07, 6.45) is 2.43. The summed E-state index contributed by atoms with van der Waals surface area (Å²) in [6, 6.07) is 6.03. The maximum atomic E-state index is 11.0. The molecule has 0 aliphatic carbocycles. The lowest BCUT2D eigenvalue weighted by Crippen LogP contribution is -3.13. The summed E-state index contributed by atoms with van der Waals surface area (Å²) in [5.74, 6) is 2.90. The maximum Gasteiger partial charge on any atom is 0.235 e. The van der Waals surface area contributed by atoms with Gasteiger partial charge in [0.15, 0.2) is 17.5 Å². The summed E-state index contributed by atoms with van der Waals surface area (Å²) in [5.41, 5.74) is 1.10. The van der Waals surface area contributed by atoms with Gasteiger partial charge in [0.1, 0.15) is 10.7 Å². The Morgan fingerprint density at radius 3 is 2.75 bits per heavy atom. The molecule has 3 aromatic rings. The monoisotopic (exact) mass is 403 g/mol. The molecule has 3 atom stereocenters. The lowest BCUT2D eigenvalue weighted by molar-refractivity contribution is -0.933. The van der Waals surface area contributed by atoms with Crippen molar-refractivity contribution in [3.8, 4) is 17.4 Å². The van der Waals surface area contributed by atoms with Gasteiger partial charge in [0.25, 0.3) is 0 Å². The second-order valence-electron chi connectivity index (χ2n) is 7.55. The minimum Gasteiger partial charge on any atom is -0.493 e. The first-order valence-corrected chi connectivity index (χ1v) is 10.4. The number of aryl methyl sites for hydroxylation is 1. The van der Waals surface area contributed by atoms with Gasteiger partial charge in [-0.2, -0.15) is 4.52 Å². The number of aromatic hydroxyl groups is 1. The second kappa shape index (κ2) is 7.60. The van der Waals surface area contributed by atoms with Crippen molar-refractivity contribution in [3.63, 3.8) is 0 Å². The third kappa shape index (κ3) is 3.31. The highest BCUT2D eigenvalue weighted by Crippen LogP contribution is 2.38. The van der Waals surface area contributed by atoms with Crippen molar-refractivity contribution in [1.82, 2.24) is 14.6 Å². The van der Waals surface area contributed by atoms with Crippen LogP contribution in [0.4, 0.5) is 0 Å². The third-order valence-corrected chi connectivity index (χ3v) is 6.61. The summed E-state index contributed by atoms with van der Waals surface area (Å²) >= 11 is 1.51.